The van der Waals surface area contributed by atoms with Crippen LogP contribution in [0.4, 0.5) is 17.1 Å². The lowest BCUT2D eigenvalue weighted by molar-refractivity contribution is -0.122. The van der Waals surface area contributed by atoms with E-state index in [4.69, 9.17) is 4.99 Å². The molecule has 2 amide bonds. The van der Waals surface area contributed by atoms with Crippen LogP contribution in [-0.4, -0.2) is 24.1 Å². The Morgan fingerprint density at radius 2 is 2.04 bits per heavy atom. The van der Waals surface area contributed by atoms with Gasteiger partial charge in [-0.2, -0.15) is 0 Å². The summed E-state index contributed by atoms with van der Waals surface area (Å²) in [5.74, 6) is -0.466. The third-order valence-corrected chi connectivity index (χ3v) is 5.94. The minimum Gasteiger partial charge on any atom is -0.324 e. The van der Waals surface area contributed by atoms with Gasteiger partial charge in [-0.05, 0) is 74.6 Å². The summed E-state index contributed by atoms with van der Waals surface area (Å²) in [4.78, 5) is 32.5. The van der Waals surface area contributed by atoms with Gasteiger partial charge in [-0.15, -0.1) is 0 Å². The number of benzene rings is 2. The average molecular weight is 440 g/mol. The van der Waals surface area contributed by atoms with Crippen LogP contribution in [0, 0.1) is 19.8 Å². The van der Waals surface area contributed by atoms with E-state index in [2.05, 4.69) is 21.2 Å². The summed E-state index contributed by atoms with van der Waals surface area (Å²) in [5.41, 5.74) is 5.36. The van der Waals surface area contributed by atoms with Crippen molar-refractivity contribution in [1.82, 2.24) is 0 Å². The smallest absolute Gasteiger partial charge is 0.244 e. The zero-order valence-electron chi connectivity index (χ0n) is 16.0. The molecular formula is C22H22BrN3O2. The van der Waals surface area contributed by atoms with Crippen LogP contribution in [0.25, 0.3) is 0 Å². The number of anilines is 2. The Morgan fingerprint density at radius 3 is 2.82 bits per heavy atom. The minimum absolute atomic E-state index is 0.0253. The molecule has 1 fully saturated rings. The first-order valence-corrected chi connectivity index (χ1v) is 10.3. The van der Waals surface area contributed by atoms with E-state index in [0.29, 0.717) is 5.69 Å². The monoisotopic (exact) mass is 439 g/mol. The molecule has 0 saturated heterocycles. The summed E-state index contributed by atoms with van der Waals surface area (Å²) in [7, 11) is 0. The fourth-order valence-corrected chi connectivity index (χ4v) is 4.25. The van der Waals surface area contributed by atoms with Gasteiger partial charge in [-0.25, -0.2) is 0 Å². The third-order valence-electron chi connectivity index (χ3n) is 5.45. The van der Waals surface area contributed by atoms with Crippen LogP contribution < -0.4 is 10.2 Å². The number of hydrogen-bond donors (Lipinski definition) is 1. The molecule has 1 aliphatic heterocycles. The molecule has 6 heteroatoms. The summed E-state index contributed by atoms with van der Waals surface area (Å²) in [6.07, 6.45) is 2.61. The van der Waals surface area contributed by atoms with E-state index in [1.807, 2.05) is 50.2 Å². The predicted molar refractivity (Wildman–Crippen MR) is 115 cm³/mol. The zero-order chi connectivity index (χ0) is 19.8. The number of rotatable bonds is 3. The Bertz CT molecular complexity index is 999. The molecule has 0 spiro atoms. The van der Waals surface area contributed by atoms with Crippen LogP contribution in [0.15, 0.2) is 45.9 Å². The van der Waals surface area contributed by atoms with Gasteiger partial charge in [0.1, 0.15) is 6.54 Å². The highest BCUT2D eigenvalue weighted by molar-refractivity contribution is 9.10. The first kappa shape index (κ1) is 18.9. The van der Waals surface area contributed by atoms with E-state index in [-0.39, 0.29) is 24.3 Å². The number of nitrogens with zero attached hydrogens (tertiary/aromatic N) is 2. The summed E-state index contributed by atoms with van der Waals surface area (Å²) in [5, 5.41) is 2.89. The Labute approximate surface area is 173 Å². The molecule has 0 unspecified atom stereocenters. The Morgan fingerprint density at radius 1 is 1.25 bits per heavy atom. The fraction of sp³-hybridized carbons (Fsp3) is 0.318. The van der Waals surface area contributed by atoms with E-state index in [9.17, 15) is 9.59 Å². The number of carbonyl (C=O) groups excluding carboxylic acids is 2. The molecule has 4 rings (SSSR count). The largest absolute Gasteiger partial charge is 0.324 e. The average Bonchev–Trinajstić information content (AvgIpc) is 3.07. The van der Waals surface area contributed by atoms with E-state index in [0.717, 1.165) is 51.9 Å². The Kier molecular flexibility index (Phi) is 5.06. The fourth-order valence-electron chi connectivity index (χ4n) is 3.85. The van der Waals surface area contributed by atoms with Crippen molar-refractivity contribution in [2.24, 2.45) is 10.9 Å². The van der Waals surface area contributed by atoms with Gasteiger partial charge in [0.05, 0.1) is 17.3 Å². The molecule has 1 N–H and O–H groups in total. The molecule has 144 valence electrons. The molecule has 0 radical (unpaired) electrons. The quantitative estimate of drug-likeness (QED) is 0.736. The SMILES string of the molecule is Cc1cc2c(cc1C)N(CC(=O)Nc1cccc(Br)c1)C(=O)[C@@H]1CCCC1=N2. The van der Waals surface area contributed by atoms with E-state index < -0.39 is 0 Å². The molecule has 1 atom stereocenters. The van der Waals surface area contributed by atoms with Crippen LogP contribution in [0.1, 0.15) is 30.4 Å². The van der Waals surface area contributed by atoms with Gasteiger partial charge in [0.15, 0.2) is 0 Å². The highest BCUT2D eigenvalue weighted by atomic mass is 79.9. The van der Waals surface area contributed by atoms with Crippen LogP contribution in [0.2, 0.25) is 0 Å². The first-order chi connectivity index (χ1) is 13.4. The molecule has 0 bridgehead atoms. The van der Waals surface area contributed by atoms with Gasteiger partial charge in [0.25, 0.3) is 0 Å². The molecule has 2 aromatic carbocycles. The summed E-state index contributed by atoms with van der Waals surface area (Å²) < 4.78 is 0.886. The van der Waals surface area contributed by atoms with Gasteiger partial charge in [0.2, 0.25) is 11.8 Å². The maximum absolute atomic E-state index is 13.3. The molecule has 1 saturated carbocycles. The Balaban J connectivity index is 1.67. The second-order valence-electron chi connectivity index (χ2n) is 7.46. The normalized spacial score (nSPS) is 18.2. The number of aryl methyl sites for hydroxylation is 2. The molecule has 5 nitrogen and oxygen atoms in total. The lowest BCUT2D eigenvalue weighted by Crippen LogP contribution is -2.42. The maximum atomic E-state index is 13.3. The van der Waals surface area contributed by atoms with Gasteiger partial charge < -0.3 is 10.2 Å². The van der Waals surface area contributed by atoms with Gasteiger partial charge in [0, 0.05) is 15.9 Å². The summed E-state index contributed by atoms with van der Waals surface area (Å²) in [6.45, 7) is 4.03. The molecule has 2 aliphatic rings. The number of aliphatic imine (C=N–C) groups is 1. The first-order valence-electron chi connectivity index (χ1n) is 9.48. The molecule has 1 heterocycles. The highest BCUT2D eigenvalue weighted by Gasteiger charge is 2.37. The van der Waals surface area contributed by atoms with Crippen molar-refractivity contribution in [3.63, 3.8) is 0 Å². The van der Waals surface area contributed by atoms with Crippen molar-refractivity contribution in [1.29, 1.82) is 0 Å². The number of halogens is 1. The molecule has 0 aromatic heterocycles. The molecule has 28 heavy (non-hydrogen) atoms. The lowest BCUT2D eigenvalue weighted by atomic mass is 10.0. The van der Waals surface area contributed by atoms with Crippen molar-refractivity contribution in [3.05, 3.63) is 52.0 Å². The number of fused-ring (bicyclic) bond motifs is 2. The van der Waals surface area contributed by atoms with Crippen LogP contribution in [0.5, 0.6) is 0 Å². The van der Waals surface area contributed by atoms with Crippen molar-refractivity contribution >= 4 is 50.5 Å². The van der Waals surface area contributed by atoms with Crippen LogP contribution in [0.3, 0.4) is 0 Å². The van der Waals surface area contributed by atoms with Crippen molar-refractivity contribution < 1.29 is 9.59 Å². The van der Waals surface area contributed by atoms with Gasteiger partial charge in [-0.3, -0.25) is 14.6 Å². The lowest BCUT2D eigenvalue weighted by Gasteiger charge is -2.25. The summed E-state index contributed by atoms with van der Waals surface area (Å²) in [6, 6.07) is 11.4. The zero-order valence-corrected chi connectivity index (χ0v) is 17.5. The van der Waals surface area contributed by atoms with E-state index >= 15 is 0 Å². The van der Waals surface area contributed by atoms with E-state index in [1.54, 1.807) is 4.90 Å². The number of amides is 2. The van der Waals surface area contributed by atoms with Crippen molar-refractivity contribution in [3.8, 4) is 0 Å². The number of carbonyl (C=O) groups is 2. The third kappa shape index (κ3) is 3.61. The second-order valence-corrected chi connectivity index (χ2v) is 8.37. The maximum Gasteiger partial charge on any atom is 0.244 e. The van der Waals surface area contributed by atoms with Gasteiger partial charge in [-0.1, -0.05) is 22.0 Å². The second kappa shape index (κ2) is 7.51. The van der Waals surface area contributed by atoms with Crippen LogP contribution in [-0.2, 0) is 9.59 Å². The predicted octanol–water partition coefficient (Wildman–Crippen LogP) is 4.92. The topological polar surface area (TPSA) is 61.8 Å². The van der Waals surface area contributed by atoms with E-state index in [1.165, 1.54) is 0 Å². The summed E-state index contributed by atoms with van der Waals surface area (Å²) >= 11 is 3.41. The van der Waals surface area contributed by atoms with Crippen molar-refractivity contribution in [2.75, 3.05) is 16.8 Å². The highest BCUT2D eigenvalue weighted by Crippen LogP contribution is 2.39. The minimum atomic E-state index is -0.225. The molecular weight excluding hydrogens is 418 g/mol. The Hall–Kier alpha value is -2.47. The number of nitrogens with one attached hydrogen (secondary N) is 1. The standard InChI is InChI=1S/C22H22BrN3O2/c1-13-9-19-20(10-14(13)2)26(22(28)17-7-4-8-18(17)25-19)12-21(27)24-16-6-3-5-15(23)11-16/h3,5-6,9-11,17H,4,7-8,12H2,1-2H3,(H,24,27)/t17-/m1/s1. The van der Waals surface area contributed by atoms with Crippen LogP contribution >= 0.6 is 15.9 Å². The number of hydrogen-bond acceptors (Lipinski definition) is 3. The van der Waals surface area contributed by atoms with Crippen molar-refractivity contribution in [2.45, 2.75) is 33.1 Å². The van der Waals surface area contributed by atoms with Gasteiger partial charge >= 0.3 is 0 Å². The molecule has 1 aliphatic carbocycles. The molecule has 2 aromatic rings.